The van der Waals surface area contributed by atoms with E-state index < -0.39 is 0 Å². The Morgan fingerprint density at radius 3 is 2.67 bits per heavy atom. The summed E-state index contributed by atoms with van der Waals surface area (Å²) < 4.78 is 5.51. The summed E-state index contributed by atoms with van der Waals surface area (Å²) in [6, 6.07) is 17.1. The summed E-state index contributed by atoms with van der Waals surface area (Å²) in [5, 5.41) is 5.45. The number of hydrogen-bond donors (Lipinski definition) is 2. The van der Waals surface area contributed by atoms with Gasteiger partial charge in [0, 0.05) is 24.4 Å². The molecule has 0 aromatic heterocycles. The molecular formula is C21H22N2O3S. The monoisotopic (exact) mass is 382 g/mol. The summed E-state index contributed by atoms with van der Waals surface area (Å²) in [5.41, 5.74) is 1.88. The third kappa shape index (κ3) is 8.84. The lowest BCUT2D eigenvalue weighted by Crippen LogP contribution is -2.25. The van der Waals surface area contributed by atoms with Gasteiger partial charge in [0.15, 0.2) is 0 Å². The van der Waals surface area contributed by atoms with Crippen LogP contribution in [-0.2, 0) is 15.3 Å². The third-order valence-corrected chi connectivity index (χ3v) is 4.31. The topological polar surface area (TPSA) is 67.4 Å². The minimum atomic E-state index is -0.135. The van der Waals surface area contributed by atoms with Gasteiger partial charge in [-0.25, -0.2) is 0 Å². The molecule has 0 aliphatic carbocycles. The first-order valence-corrected chi connectivity index (χ1v) is 9.63. The molecule has 0 spiro atoms. The molecule has 6 heteroatoms. The normalized spacial score (nSPS) is 9.67. The van der Waals surface area contributed by atoms with E-state index in [9.17, 15) is 9.59 Å². The summed E-state index contributed by atoms with van der Waals surface area (Å²) >= 11 is 1.57. The van der Waals surface area contributed by atoms with Crippen molar-refractivity contribution in [2.75, 3.05) is 24.2 Å². The first-order valence-electron chi connectivity index (χ1n) is 8.48. The lowest BCUT2D eigenvalue weighted by atomic mass is 10.2. The Morgan fingerprint density at radius 1 is 1.07 bits per heavy atom. The van der Waals surface area contributed by atoms with E-state index in [2.05, 4.69) is 22.5 Å². The molecule has 0 aliphatic rings. The lowest BCUT2D eigenvalue weighted by Gasteiger charge is -2.05. The van der Waals surface area contributed by atoms with Gasteiger partial charge in [0.1, 0.15) is 12.4 Å². The highest BCUT2D eigenvalue weighted by Crippen LogP contribution is 2.17. The molecule has 0 saturated heterocycles. The number of carbonyl (C=O) groups excluding carboxylic acids is 2. The number of carbonyl (C=O) groups is 2. The minimum absolute atomic E-state index is 0.0332. The van der Waals surface area contributed by atoms with Gasteiger partial charge in [-0.15, -0.1) is 11.8 Å². The highest BCUT2D eigenvalue weighted by atomic mass is 32.2. The second-order valence-corrected chi connectivity index (χ2v) is 6.59. The van der Waals surface area contributed by atoms with Crippen LogP contribution in [0.3, 0.4) is 0 Å². The van der Waals surface area contributed by atoms with Gasteiger partial charge in [-0.3, -0.25) is 9.59 Å². The predicted octanol–water partition coefficient (Wildman–Crippen LogP) is 3.08. The molecule has 2 aromatic rings. The number of ether oxygens (including phenoxy) is 1. The van der Waals surface area contributed by atoms with E-state index in [0.29, 0.717) is 23.7 Å². The number of anilines is 1. The van der Waals surface area contributed by atoms with Crippen molar-refractivity contribution in [2.24, 2.45) is 0 Å². The molecule has 0 unspecified atom stereocenters. The third-order valence-electron chi connectivity index (χ3n) is 3.31. The molecule has 0 radical (unpaired) electrons. The summed E-state index contributed by atoms with van der Waals surface area (Å²) in [6.45, 7) is 1.95. The fraction of sp³-hybridized carbons (Fsp3) is 0.238. The minimum Gasteiger partial charge on any atom is -0.481 e. The molecule has 27 heavy (non-hydrogen) atoms. The van der Waals surface area contributed by atoms with Crippen molar-refractivity contribution in [3.63, 3.8) is 0 Å². The van der Waals surface area contributed by atoms with Crippen LogP contribution in [0.4, 0.5) is 5.69 Å². The van der Waals surface area contributed by atoms with Crippen LogP contribution in [0.5, 0.6) is 5.75 Å². The molecule has 2 rings (SSSR count). The Balaban J connectivity index is 1.60. The van der Waals surface area contributed by atoms with Crippen molar-refractivity contribution >= 4 is 29.3 Å². The van der Waals surface area contributed by atoms with Gasteiger partial charge in [0.2, 0.25) is 11.8 Å². The molecule has 5 nitrogen and oxygen atoms in total. The number of hydrogen-bond acceptors (Lipinski definition) is 4. The molecule has 2 amide bonds. The average Bonchev–Trinajstić information content (AvgIpc) is 2.65. The standard InChI is InChI=1S/C21H22N2O3S/c1-17(24)23-19-10-7-11-20(14-19)26-13-6-5-12-22-21(25)16-27-15-18-8-3-2-4-9-18/h2-4,7-11,14H,12-13,15-16H2,1H3,(H,22,25)(H,23,24). The summed E-state index contributed by atoms with van der Waals surface area (Å²) in [6.07, 6.45) is 0. The largest absolute Gasteiger partial charge is 0.481 e. The van der Waals surface area contributed by atoms with Crippen LogP contribution in [0.2, 0.25) is 0 Å². The highest BCUT2D eigenvalue weighted by molar-refractivity contribution is 7.99. The van der Waals surface area contributed by atoms with Crippen molar-refractivity contribution in [3.05, 3.63) is 60.2 Å². The zero-order chi connectivity index (χ0) is 19.3. The molecule has 2 N–H and O–H groups in total. The molecule has 0 saturated carbocycles. The Hall–Kier alpha value is -2.91. The van der Waals surface area contributed by atoms with Crippen LogP contribution < -0.4 is 15.4 Å². The Kier molecular flexibility index (Phi) is 8.81. The van der Waals surface area contributed by atoms with E-state index in [1.54, 1.807) is 36.0 Å². The fourth-order valence-electron chi connectivity index (χ4n) is 2.13. The molecule has 0 aliphatic heterocycles. The second kappa shape index (κ2) is 11.7. The number of amides is 2. The van der Waals surface area contributed by atoms with Crippen molar-refractivity contribution < 1.29 is 14.3 Å². The molecule has 0 heterocycles. The summed E-state index contributed by atoms with van der Waals surface area (Å²) in [5.74, 6) is 7.38. The van der Waals surface area contributed by atoms with Crippen LogP contribution in [0.15, 0.2) is 54.6 Å². The first kappa shape index (κ1) is 20.4. The van der Waals surface area contributed by atoms with Gasteiger partial charge in [0.05, 0.1) is 12.3 Å². The van der Waals surface area contributed by atoms with Crippen LogP contribution >= 0.6 is 11.8 Å². The van der Waals surface area contributed by atoms with E-state index in [1.165, 1.54) is 12.5 Å². The fourth-order valence-corrected chi connectivity index (χ4v) is 2.95. The van der Waals surface area contributed by atoms with Gasteiger partial charge < -0.3 is 15.4 Å². The van der Waals surface area contributed by atoms with E-state index in [1.807, 2.05) is 30.3 Å². The quantitative estimate of drug-likeness (QED) is 0.689. The molecule has 2 aromatic carbocycles. The van der Waals surface area contributed by atoms with Crippen molar-refractivity contribution in [3.8, 4) is 17.6 Å². The molecule has 0 fully saturated rings. The number of benzene rings is 2. The maximum Gasteiger partial charge on any atom is 0.230 e. The van der Waals surface area contributed by atoms with Gasteiger partial charge in [0.25, 0.3) is 0 Å². The Morgan fingerprint density at radius 2 is 1.89 bits per heavy atom. The van der Waals surface area contributed by atoms with Gasteiger partial charge in [-0.2, -0.15) is 0 Å². The molecule has 140 valence electrons. The van der Waals surface area contributed by atoms with E-state index in [-0.39, 0.29) is 18.4 Å². The second-order valence-electron chi connectivity index (χ2n) is 5.61. The van der Waals surface area contributed by atoms with Crippen LogP contribution in [-0.4, -0.2) is 30.7 Å². The first-order chi connectivity index (χ1) is 13.1. The van der Waals surface area contributed by atoms with Gasteiger partial charge >= 0.3 is 0 Å². The van der Waals surface area contributed by atoms with Crippen molar-refractivity contribution in [1.29, 1.82) is 0 Å². The zero-order valence-corrected chi connectivity index (χ0v) is 16.0. The SMILES string of the molecule is CC(=O)Nc1cccc(OCC#CCNC(=O)CSCc2ccccc2)c1. The molecule has 0 bridgehead atoms. The number of nitrogens with one attached hydrogen (secondary N) is 2. The maximum atomic E-state index is 11.7. The van der Waals surface area contributed by atoms with Gasteiger partial charge in [-0.1, -0.05) is 48.2 Å². The Bertz CT molecular complexity index is 813. The zero-order valence-electron chi connectivity index (χ0n) is 15.2. The smallest absolute Gasteiger partial charge is 0.230 e. The Labute approximate surface area is 163 Å². The van der Waals surface area contributed by atoms with Gasteiger partial charge in [-0.05, 0) is 17.7 Å². The van der Waals surface area contributed by atoms with Crippen molar-refractivity contribution in [1.82, 2.24) is 5.32 Å². The van der Waals surface area contributed by atoms with E-state index in [4.69, 9.17) is 4.74 Å². The van der Waals surface area contributed by atoms with Crippen LogP contribution in [0.25, 0.3) is 0 Å². The predicted molar refractivity (Wildman–Crippen MR) is 110 cm³/mol. The maximum absolute atomic E-state index is 11.7. The number of thioether (sulfide) groups is 1. The summed E-state index contributed by atoms with van der Waals surface area (Å²) in [7, 11) is 0. The number of rotatable bonds is 8. The van der Waals surface area contributed by atoms with Crippen LogP contribution in [0, 0.1) is 11.8 Å². The average molecular weight is 382 g/mol. The highest BCUT2D eigenvalue weighted by Gasteiger charge is 2.00. The summed E-state index contributed by atoms with van der Waals surface area (Å²) in [4.78, 5) is 22.8. The molecule has 0 atom stereocenters. The molecular weight excluding hydrogens is 360 g/mol. The lowest BCUT2D eigenvalue weighted by molar-refractivity contribution is -0.118. The van der Waals surface area contributed by atoms with E-state index in [0.717, 1.165) is 5.75 Å². The van der Waals surface area contributed by atoms with Crippen molar-refractivity contribution in [2.45, 2.75) is 12.7 Å². The van der Waals surface area contributed by atoms with E-state index >= 15 is 0 Å². The van der Waals surface area contributed by atoms with Crippen LogP contribution in [0.1, 0.15) is 12.5 Å².